The van der Waals surface area contributed by atoms with Crippen molar-refractivity contribution < 1.29 is 9.90 Å². The lowest BCUT2D eigenvalue weighted by molar-refractivity contribution is -0.147. The van der Waals surface area contributed by atoms with Gasteiger partial charge in [-0.05, 0) is 18.9 Å². The van der Waals surface area contributed by atoms with Crippen LogP contribution in [-0.4, -0.2) is 35.6 Å². The molecule has 0 radical (unpaired) electrons. The molecule has 0 spiro atoms. The zero-order valence-corrected chi connectivity index (χ0v) is 7.79. The van der Waals surface area contributed by atoms with E-state index in [1.807, 2.05) is 0 Å². The molecule has 3 nitrogen and oxygen atoms in total. The standard InChI is InChI=1S/C9H17NO2/c1-7(2)3-4-10-5-8(6-10)9(11)12/h7-8H,3-6H2,1-2H3,(H,11,12). The van der Waals surface area contributed by atoms with Crippen LogP contribution in [0.15, 0.2) is 0 Å². The predicted octanol–water partition coefficient (Wildman–Crippen LogP) is 1.05. The molecule has 0 atom stereocenters. The zero-order chi connectivity index (χ0) is 9.14. The molecule has 1 aliphatic rings. The van der Waals surface area contributed by atoms with Crippen LogP contribution in [0.5, 0.6) is 0 Å². The van der Waals surface area contributed by atoms with Crippen LogP contribution in [0.4, 0.5) is 0 Å². The van der Waals surface area contributed by atoms with Gasteiger partial charge in [0.1, 0.15) is 0 Å². The molecule has 0 aromatic rings. The Morgan fingerprint density at radius 3 is 2.58 bits per heavy atom. The summed E-state index contributed by atoms with van der Waals surface area (Å²) in [6.45, 7) is 6.94. The average molecular weight is 171 g/mol. The van der Waals surface area contributed by atoms with E-state index in [0.29, 0.717) is 5.92 Å². The van der Waals surface area contributed by atoms with E-state index in [4.69, 9.17) is 5.11 Å². The summed E-state index contributed by atoms with van der Waals surface area (Å²) in [6.07, 6.45) is 1.17. The van der Waals surface area contributed by atoms with Gasteiger partial charge >= 0.3 is 5.97 Å². The molecule has 0 amide bonds. The molecule has 0 bridgehead atoms. The summed E-state index contributed by atoms with van der Waals surface area (Å²) in [5.74, 6) is -0.0261. The Morgan fingerprint density at radius 2 is 2.17 bits per heavy atom. The molecule has 3 heteroatoms. The van der Waals surface area contributed by atoms with Crippen molar-refractivity contribution in [1.29, 1.82) is 0 Å². The molecular formula is C9H17NO2. The third-order valence-electron chi connectivity index (χ3n) is 2.33. The molecule has 0 aliphatic carbocycles. The topological polar surface area (TPSA) is 40.5 Å². The smallest absolute Gasteiger partial charge is 0.309 e. The lowest BCUT2D eigenvalue weighted by Crippen LogP contribution is -2.50. The Balaban J connectivity index is 2.06. The van der Waals surface area contributed by atoms with Crippen molar-refractivity contribution in [3.8, 4) is 0 Å². The van der Waals surface area contributed by atoms with Crippen LogP contribution in [0.1, 0.15) is 20.3 Å². The first-order chi connectivity index (χ1) is 5.59. The van der Waals surface area contributed by atoms with Gasteiger partial charge in [0.05, 0.1) is 5.92 Å². The normalized spacial score (nSPS) is 19.6. The third-order valence-corrected chi connectivity index (χ3v) is 2.33. The van der Waals surface area contributed by atoms with Gasteiger partial charge in [0, 0.05) is 13.1 Å². The fraction of sp³-hybridized carbons (Fsp3) is 0.889. The van der Waals surface area contributed by atoms with Crippen LogP contribution in [0, 0.1) is 11.8 Å². The van der Waals surface area contributed by atoms with Crippen LogP contribution in [0.3, 0.4) is 0 Å². The van der Waals surface area contributed by atoms with E-state index >= 15 is 0 Å². The molecule has 0 unspecified atom stereocenters. The van der Waals surface area contributed by atoms with Crippen LogP contribution in [0.2, 0.25) is 0 Å². The van der Waals surface area contributed by atoms with Gasteiger partial charge in [0.2, 0.25) is 0 Å². The second-order valence-corrected chi connectivity index (χ2v) is 3.98. The minimum atomic E-state index is -0.643. The average Bonchev–Trinajstić information content (AvgIpc) is 1.82. The van der Waals surface area contributed by atoms with E-state index < -0.39 is 5.97 Å². The molecule has 1 aliphatic heterocycles. The molecule has 12 heavy (non-hydrogen) atoms. The predicted molar refractivity (Wildman–Crippen MR) is 47.0 cm³/mol. The highest BCUT2D eigenvalue weighted by molar-refractivity contribution is 5.71. The maximum absolute atomic E-state index is 10.4. The number of carboxylic acid groups (broad SMARTS) is 1. The minimum absolute atomic E-state index is 0.0998. The van der Waals surface area contributed by atoms with Gasteiger partial charge in [0.25, 0.3) is 0 Å². The van der Waals surface area contributed by atoms with Crippen LogP contribution < -0.4 is 0 Å². The van der Waals surface area contributed by atoms with Crippen molar-refractivity contribution in [2.45, 2.75) is 20.3 Å². The lowest BCUT2D eigenvalue weighted by Gasteiger charge is -2.36. The number of carbonyl (C=O) groups is 1. The van der Waals surface area contributed by atoms with Crippen LogP contribution >= 0.6 is 0 Å². The molecule has 0 aromatic carbocycles. The van der Waals surface area contributed by atoms with Crippen molar-refractivity contribution >= 4 is 5.97 Å². The molecular weight excluding hydrogens is 154 g/mol. The maximum Gasteiger partial charge on any atom is 0.309 e. The molecule has 70 valence electrons. The largest absolute Gasteiger partial charge is 0.481 e. The van der Waals surface area contributed by atoms with Gasteiger partial charge in [-0.2, -0.15) is 0 Å². The third kappa shape index (κ3) is 2.48. The Morgan fingerprint density at radius 1 is 1.58 bits per heavy atom. The van der Waals surface area contributed by atoms with Gasteiger partial charge in [0.15, 0.2) is 0 Å². The summed E-state index contributed by atoms with van der Waals surface area (Å²) in [5, 5.41) is 8.60. The molecule has 0 aromatic heterocycles. The van der Waals surface area contributed by atoms with Crippen molar-refractivity contribution in [3.63, 3.8) is 0 Å². The lowest BCUT2D eigenvalue weighted by atomic mass is 9.99. The fourth-order valence-corrected chi connectivity index (χ4v) is 1.35. The maximum atomic E-state index is 10.4. The van der Waals surface area contributed by atoms with E-state index in [1.54, 1.807) is 0 Å². The summed E-state index contributed by atoms with van der Waals surface area (Å²) in [6, 6.07) is 0. The molecule has 1 fully saturated rings. The number of hydrogen-bond donors (Lipinski definition) is 1. The number of aliphatic carboxylic acids is 1. The van der Waals surface area contributed by atoms with Gasteiger partial charge in [-0.1, -0.05) is 13.8 Å². The van der Waals surface area contributed by atoms with Gasteiger partial charge in [-0.25, -0.2) is 0 Å². The monoisotopic (exact) mass is 171 g/mol. The highest BCUT2D eigenvalue weighted by Gasteiger charge is 2.31. The van der Waals surface area contributed by atoms with Crippen molar-refractivity contribution in [1.82, 2.24) is 4.90 Å². The highest BCUT2D eigenvalue weighted by atomic mass is 16.4. The van der Waals surface area contributed by atoms with E-state index in [-0.39, 0.29) is 5.92 Å². The molecule has 0 saturated carbocycles. The summed E-state index contributed by atoms with van der Waals surface area (Å²) >= 11 is 0. The highest BCUT2D eigenvalue weighted by Crippen LogP contribution is 2.16. The molecule has 1 N–H and O–H groups in total. The van der Waals surface area contributed by atoms with Gasteiger partial charge < -0.3 is 10.0 Å². The first-order valence-corrected chi connectivity index (χ1v) is 4.54. The van der Waals surface area contributed by atoms with E-state index in [1.165, 1.54) is 6.42 Å². The van der Waals surface area contributed by atoms with Crippen molar-refractivity contribution in [2.75, 3.05) is 19.6 Å². The Labute approximate surface area is 73.4 Å². The summed E-state index contributed by atoms with van der Waals surface area (Å²) in [4.78, 5) is 12.6. The first-order valence-electron chi connectivity index (χ1n) is 4.54. The summed E-state index contributed by atoms with van der Waals surface area (Å²) in [7, 11) is 0. The number of hydrogen-bond acceptors (Lipinski definition) is 2. The first kappa shape index (κ1) is 9.52. The molecule has 1 saturated heterocycles. The SMILES string of the molecule is CC(C)CCN1CC(C(=O)O)C1. The number of rotatable bonds is 4. The van der Waals surface area contributed by atoms with E-state index in [0.717, 1.165) is 19.6 Å². The molecule has 1 heterocycles. The van der Waals surface area contributed by atoms with Crippen LogP contribution in [0.25, 0.3) is 0 Å². The summed E-state index contributed by atoms with van der Waals surface area (Å²) < 4.78 is 0. The van der Waals surface area contributed by atoms with E-state index in [9.17, 15) is 4.79 Å². The number of likely N-dealkylation sites (tertiary alicyclic amines) is 1. The number of carboxylic acids is 1. The Hall–Kier alpha value is -0.570. The van der Waals surface area contributed by atoms with Crippen LogP contribution in [-0.2, 0) is 4.79 Å². The van der Waals surface area contributed by atoms with Crippen molar-refractivity contribution in [3.05, 3.63) is 0 Å². The Kier molecular flexibility index (Phi) is 3.09. The van der Waals surface area contributed by atoms with Gasteiger partial charge in [-0.15, -0.1) is 0 Å². The molecule has 1 rings (SSSR count). The number of nitrogens with zero attached hydrogens (tertiary/aromatic N) is 1. The van der Waals surface area contributed by atoms with Gasteiger partial charge in [-0.3, -0.25) is 4.79 Å². The summed E-state index contributed by atoms with van der Waals surface area (Å²) in [5.41, 5.74) is 0. The Bertz CT molecular complexity index is 162. The fourth-order valence-electron chi connectivity index (χ4n) is 1.35. The minimum Gasteiger partial charge on any atom is -0.481 e. The van der Waals surface area contributed by atoms with E-state index in [2.05, 4.69) is 18.7 Å². The quantitative estimate of drug-likeness (QED) is 0.687. The second kappa shape index (κ2) is 3.90. The second-order valence-electron chi connectivity index (χ2n) is 3.98. The zero-order valence-electron chi connectivity index (χ0n) is 7.79. The van der Waals surface area contributed by atoms with Crippen molar-refractivity contribution in [2.24, 2.45) is 11.8 Å².